The summed E-state index contributed by atoms with van der Waals surface area (Å²) in [5.74, 6) is 0. The molecule has 4 nitrogen and oxygen atoms in total. The Labute approximate surface area is 88.9 Å². The summed E-state index contributed by atoms with van der Waals surface area (Å²) in [6.45, 7) is 0.874. The number of rotatable bonds is 3. The van der Waals surface area contributed by atoms with Crippen molar-refractivity contribution < 1.29 is 0 Å². The molecule has 0 bridgehead atoms. The smallest absolute Gasteiger partial charge is 0.0882 e. The van der Waals surface area contributed by atoms with E-state index < -0.39 is 0 Å². The Morgan fingerprint density at radius 1 is 1.40 bits per heavy atom. The fourth-order valence-corrected chi connectivity index (χ4v) is 1.60. The second-order valence-electron chi connectivity index (χ2n) is 3.47. The highest BCUT2D eigenvalue weighted by atomic mass is 15.4. The van der Waals surface area contributed by atoms with Gasteiger partial charge in [0.1, 0.15) is 0 Å². The van der Waals surface area contributed by atoms with Crippen molar-refractivity contribution in [3.05, 3.63) is 36.0 Å². The fraction of sp³-hybridized carbons (Fsp3) is 0.273. The van der Waals surface area contributed by atoms with Gasteiger partial charge in [0, 0.05) is 19.2 Å². The van der Waals surface area contributed by atoms with E-state index in [-0.39, 0.29) is 0 Å². The van der Waals surface area contributed by atoms with E-state index in [0.717, 1.165) is 17.8 Å². The van der Waals surface area contributed by atoms with E-state index in [1.54, 1.807) is 10.9 Å². The van der Waals surface area contributed by atoms with E-state index in [9.17, 15) is 0 Å². The van der Waals surface area contributed by atoms with Gasteiger partial charge in [-0.05, 0) is 18.7 Å². The van der Waals surface area contributed by atoms with Gasteiger partial charge in [0.25, 0.3) is 0 Å². The van der Waals surface area contributed by atoms with Crippen molar-refractivity contribution in [2.24, 2.45) is 7.05 Å². The van der Waals surface area contributed by atoms with Gasteiger partial charge in [-0.15, -0.1) is 5.10 Å². The molecule has 2 aromatic rings. The van der Waals surface area contributed by atoms with Crippen LogP contribution in [-0.2, 0) is 13.6 Å². The highest BCUT2D eigenvalue weighted by Crippen LogP contribution is 2.18. The molecule has 15 heavy (non-hydrogen) atoms. The Morgan fingerprint density at radius 3 is 2.93 bits per heavy atom. The van der Waals surface area contributed by atoms with Crippen molar-refractivity contribution in [2.45, 2.75) is 6.54 Å². The van der Waals surface area contributed by atoms with Gasteiger partial charge in [-0.1, -0.05) is 23.4 Å². The molecule has 0 saturated heterocycles. The summed E-state index contributed by atoms with van der Waals surface area (Å²) in [5, 5.41) is 10.9. The summed E-state index contributed by atoms with van der Waals surface area (Å²) >= 11 is 0. The Morgan fingerprint density at radius 2 is 2.27 bits per heavy atom. The maximum absolute atomic E-state index is 3.92. The topological polar surface area (TPSA) is 42.7 Å². The molecule has 0 fully saturated rings. The lowest BCUT2D eigenvalue weighted by molar-refractivity contribution is 0.720. The molecule has 78 valence electrons. The summed E-state index contributed by atoms with van der Waals surface area (Å²) < 4.78 is 1.78. The third-order valence-electron chi connectivity index (χ3n) is 2.32. The molecule has 0 atom stereocenters. The minimum Gasteiger partial charge on any atom is -0.316 e. The molecular formula is C11H14N4. The van der Waals surface area contributed by atoms with Gasteiger partial charge in [-0.25, -0.2) is 4.68 Å². The van der Waals surface area contributed by atoms with Crippen LogP contribution in [-0.4, -0.2) is 22.0 Å². The predicted octanol–water partition coefficient (Wildman–Crippen LogP) is 1.20. The molecule has 0 amide bonds. The molecule has 0 radical (unpaired) electrons. The third kappa shape index (κ3) is 2.05. The molecule has 1 aromatic heterocycles. The summed E-state index contributed by atoms with van der Waals surface area (Å²) in [4.78, 5) is 0. The van der Waals surface area contributed by atoms with Crippen LogP contribution < -0.4 is 5.32 Å². The van der Waals surface area contributed by atoms with E-state index >= 15 is 0 Å². The molecule has 1 aromatic carbocycles. The van der Waals surface area contributed by atoms with Crippen molar-refractivity contribution in [2.75, 3.05) is 7.05 Å². The van der Waals surface area contributed by atoms with Gasteiger partial charge in [0.05, 0.1) is 11.9 Å². The quantitative estimate of drug-likeness (QED) is 0.813. The summed E-state index contributed by atoms with van der Waals surface area (Å²) in [6.07, 6.45) is 1.78. The maximum Gasteiger partial charge on any atom is 0.0882 e. The number of aromatic nitrogens is 3. The summed E-state index contributed by atoms with van der Waals surface area (Å²) in [7, 11) is 3.84. The lowest BCUT2D eigenvalue weighted by atomic mass is 10.1. The van der Waals surface area contributed by atoms with Gasteiger partial charge >= 0.3 is 0 Å². The first kappa shape index (κ1) is 9.86. The molecule has 0 unspecified atom stereocenters. The molecule has 4 heteroatoms. The normalized spacial score (nSPS) is 10.5. The molecule has 2 rings (SSSR count). The Balaban J connectivity index is 2.37. The van der Waals surface area contributed by atoms with E-state index in [1.165, 1.54) is 5.56 Å². The molecule has 0 saturated carbocycles. The molecule has 0 aliphatic heterocycles. The van der Waals surface area contributed by atoms with Crippen LogP contribution in [0.3, 0.4) is 0 Å². The van der Waals surface area contributed by atoms with Gasteiger partial charge < -0.3 is 5.32 Å². The van der Waals surface area contributed by atoms with E-state index in [2.05, 4.69) is 39.9 Å². The molecule has 0 aliphatic carbocycles. The Bertz CT molecular complexity index is 447. The number of benzene rings is 1. The van der Waals surface area contributed by atoms with Gasteiger partial charge in [0.2, 0.25) is 0 Å². The van der Waals surface area contributed by atoms with E-state index in [0.29, 0.717) is 0 Å². The van der Waals surface area contributed by atoms with Crippen LogP contribution in [0.1, 0.15) is 5.56 Å². The van der Waals surface area contributed by atoms with Crippen LogP contribution in [0, 0.1) is 0 Å². The van der Waals surface area contributed by atoms with Crippen molar-refractivity contribution in [3.63, 3.8) is 0 Å². The minimum atomic E-state index is 0.874. The number of aryl methyl sites for hydroxylation is 1. The maximum atomic E-state index is 3.92. The molecular weight excluding hydrogens is 188 g/mol. The lowest BCUT2D eigenvalue weighted by Crippen LogP contribution is -2.05. The SMILES string of the molecule is CNCc1cccc(-c2cnnn2C)c1. The monoisotopic (exact) mass is 202 g/mol. The van der Waals surface area contributed by atoms with Gasteiger partial charge in [0.15, 0.2) is 0 Å². The number of hydrogen-bond acceptors (Lipinski definition) is 3. The first-order valence-corrected chi connectivity index (χ1v) is 4.90. The predicted molar refractivity (Wildman–Crippen MR) is 59.2 cm³/mol. The number of nitrogens with zero attached hydrogens (tertiary/aromatic N) is 3. The first-order valence-electron chi connectivity index (χ1n) is 4.90. The molecule has 1 heterocycles. The summed E-state index contributed by atoms with van der Waals surface area (Å²) in [6, 6.07) is 8.37. The van der Waals surface area contributed by atoms with Crippen LogP contribution in [0.15, 0.2) is 30.5 Å². The Kier molecular flexibility index (Phi) is 2.78. The van der Waals surface area contributed by atoms with Crippen LogP contribution in [0.2, 0.25) is 0 Å². The molecule has 0 aliphatic rings. The molecule has 0 spiro atoms. The first-order chi connectivity index (χ1) is 7.31. The highest BCUT2D eigenvalue weighted by Gasteiger charge is 2.03. The fourth-order valence-electron chi connectivity index (χ4n) is 1.60. The van der Waals surface area contributed by atoms with Crippen molar-refractivity contribution >= 4 is 0 Å². The van der Waals surface area contributed by atoms with Crippen LogP contribution >= 0.6 is 0 Å². The van der Waals surface area contributed by atoms with E-state index in [4.69, 9.17) is 0 Å². The average Bonchev–Trinajstić information content (AvgIpc) is 2.65. The van der Waals surface area contributed by atoms with E-state index in [1.807, 2.05) is 14.1 Å². The van der Waals surface area contributed by atoms with Crippen LogP contribution in [0.5, 0.6) is 0 Å². The lowest BCUT2D eigenvalue weighted by Gasteiger charge is -2.04. The highest BCUT2D eigenvalue weighted by molar-refractivity contribution is 5.59. The van der Waals surface area contributed by atoms with Crippen molar-refractivity contribution in [1.82, 2.24) is 20.3 Å². The standard InChI is InChI=1S/C11H14N4/c1-12-7-9-4-3-5-10(6-9)11-8-13-14-15(11)2/h3-6,8,12H,7H2,1-2H3. The number of hydrogen-bond donors (Lipinski definition) is 1. The van der Waals surface area contributed by atoms with Crippen LogP contribution in [0.4, 0.5) is 0 Å². The zero-order chi connectivity index (χ0) is 10.7. The van der Waals surface area contributed by atoms with Gasteiger partial charge in [-0.3, -0.25) is 0 Å². The Hall–Kier alpha value is -1.68. The summed E-state index contributed by atoms with van der Waals surface area (Å²) in [5.41, 5.74) is 3.44. The van der Waals surface area contributed by atoms with Crippen molar-refractivity contribution in [1.29, 1.82) is 0 Å². The zero-order valence-corrected chi connectivity index (χ0v) is 8.94. The zero-order valence-electron chi connectivity index (χ0n) is 8.94. The number of nitrogens with one attached hydrogen (secondary N) is 1. The minimum absolute atomic E-state index is 0.874. The van der Waals surface area contributed by atoms with Crippen LogP contribution in [0.25, 0.3) is 11.3 Å². The van der Waals surface area contributed by atoms with Gasteiger partial charge in [-0.2, -0.15) is 0 Å². The third-order valence-corrected chi connectivity index (χ3v) is 2.32. The second kappa shape index (κ2) is 4.23. The molecule has 1 N–H and O–H groups in total. The van der Waals surface area contributed by atoms with Crippen molar-refractivity contribution in [3.8, 4) is 11.3 Å². The largest absolute Gasteiger partial charge is 0.316 e. The average molecular weight is 202 g/mol. The second-order valence-corrected chi connectivity index (χ2v) is 3.47.